The summed E-state index contributed by atoms with van der Waals surface area (Å²) in [5.74, 6) is 0.840. The van der Waals surface area contributed by atoms with Gasteiger partial charge in [-0.25, -0.2) is 14.9 Å². The van der Waals surface area contributed by atoms with E-state index in [1.165, 1.54) is 0 Å². The molecule has 4 rings (SSSR count). The largest absolute Gasteiger partial charge is 0.457 e. The average Bonchev–Trinajstić information content (AvgIpc) is 2.96. The van der Waals surface area contributed by atoms with Crippen LogP contribution < -0.4 is 15.4 Å². The molecule has 3 aromatic rings. The Morgan fingerprint density at radius 2 is 1.60 bits per heavy atom. The number of anilines is 2. The molecule has 0 unspecified atom stereocenters. The van der Waals surface area contributed by atoms with E-state index >= 15 is 0 Å². The molecular weight excluding hydrogens is 500 g/mol. The average molecular weight is 531 g/mol. The first-order valence-corrected chi connectivity index (χ1v) is 12.9. The molecule has 0 spiro atoms. The first-order chi connectivity index (χ1) is 19.3. The van der Waals surface area contributed by atoms with Crippen LogP contribution in [0.15, 0.2) is 105 Å². The van der Waals surface area contributed by atoms with Crippen molar-refractivity contribution < 1.29 is 9.15 Å². The smallest absolute Gasteiger partial charge is 0.343 e. The van der Waals surface area contributed by atoms with Gasteiger partial charge in [-0.3, -0.25) is 0 Å². The van der Waals surface area contributed by atoms with Crippen LogP contribution in [0.3, 0.4) is 0 Å². The molecule has 2 heterocycles. The van der Waals surface area contributed by atoms with Crippen molar-refractivity contribution in [2.45, 2.75) is 13.8 Å². The van der Waals surface area contributed by atoms with Gasteiger partial charge in [0.2, 0.25) is 0 Å². The van der Waals surface area contributed by atoms with Crippen molar-refractivity contribution in [3.8, 4) is 6.07 Å². The second-order valence-electron chi connectivity index (χ2n) is 9.26. The van der Waals surface area contributed by atoms with E-state index < -0.39 is 5.63 Å². The van der Waals surface area contributed by atoms with Crippen LogP contribution in [0.1, 0.15) is 25.0 Å². The van der Waals surface area contributed by atoms with E-state index in [4.69, 9.17) is 15.7 Å². The Labute approximate surface area is 234 Å². The Morgan fingerprint density at radius 1 is 0.950 bits per heavy atom. The van der Waals surface area contributed by atoms with E-state index in [0.29, 0.717) is 28.2 Å². The third kappa shape index (κ3) is 6.40. The Morgan fingerprint density at radius 3 is 2.20 bits per heavy atom. The van der Waals surface area contributed by atoms with Crippen LogP contribution in [-0.4, -0.2) is 27.2 Å². The molecule has 0 bridgehead atoms. The van der Waals surface area contributed by atoms with Crippen LogP contribution in [0.25, 0.3) is 28.0 Å². The Hall–Kier alpha value is -5.27. The molecule has 0 amide bonds. The summed E-state index contributed by atoms with van der Waals surface area (Å²) in [5, 5.41) is 10.2. The van der Waals surface area contributed by atoms with E-state index in [1.807, 2.05) is 73.6 Å². The van der Waals surface area contributed by atoms with Crippen molar-refractivity contribution >= 4 is 34.5 Å². The highest BCUT2D eigenvalue weighted by molar-refractivity contribution is 5.82. The zero-order valence-corrected chi connectivity index (χ0v) is 23.0. The molecule has 0 saturated carbocycles. The Bertz CT molecular complexity index is 1690. The van der Waals surface area contributed by atoms with E-state index in [-0.39, 0.29) is 5.70 Å². The lowest BCUT2D eigenvalue weighted by atomic mass is 10.1. The van der Waals surface area contributed by atoms with E-state index in [1.54, 1.807) is 36.4 Å². The molecule has 40 heavy (non-hydrogen) atoms. The molecule has 1 aliphatic heterocycles. The number of benzene rings is 2. The third-order valence-electron chi connectivity index (χ3n) is 6.47. The van der Waals surface area contributed by atoms with Crippen molar-refractivity contribution in [1.82, 2.24) is 0 Å². The van der Waals surface area contributed by atoms with Gasteiger partial charge in [0.25, 0.3) is 5.70 Å². The molecule has 7 nitrogen and oxygen atoms in total. The fraction of sp³-hybridized carbons (Fsp3) is 0.182. The number of hydrogen-bond donors (Lipinski definition) is 0. The molecule has 0 N–H and O–H groups in total. The minimum atomic E-state index is -0.469. The lowest BCUT2D eigenvalue weighted by molar-refractivity contribution is 0.332. The molecule has 0 saturated heterocycles. The van der Waals surface area contributed by atoms with E-state index in [2.05, 4.69) is 23.6 Å². The number of ether oxygens (including phenoxy) is 1. The zero-order valence-electron chi connectivity index (χ0n) is 23.0. The molecule has 0 aliphatic carbocycles. The lowest BCUT2D eigenvalue weighted by Crippen LogP contribution is -2.21. The standard InChI is InChI=1S/C33H30N4O3/c1-6-37(7-2)28-15-11-24-18-25(33(38)40-32(24)21-28)12-17-30-20-26(31(22-34)35-3)19-29(39-30)16-10-23-8-13-27(14-9-23)36(4)5/h8-21H,6-7H2,1-2,4-5H3/b16-10+,17-12+,31-26+. The van der Waals surface area contributed by atoms with E-state index in [0.717, 1.165) is 35.4 Å². The van der Waals surface area contributed by atoms with Gasteiger partial charge in [-0.15, -0.1) is 0 Å². The monoisotopic (exact) mass is 530 g/mol. The maximum Gasteiger partial charge on any atom is 0.343 e. The molecule has 7 heteroatoms. The normalized spacial score (nSPS) is 14.3. The number of hydrogen-bond acceptors (Lipinski definition) is 6. The van der Waals surface area contributed by atoms with Gasteiger partial charge < -0.3 is 19.0 Å². The van der Waals surface area contributed by atoms with Gasteiger partial charge in [-0.05, 0) is 85.7 Å². The fourth-order valence-corrected chi connectivity index (χ4v) is 4.25. The van der Waals surface area contributed by atoms with Crippen molar-refractivity contribution in [1.29, 1.82) is 5.26 Å². The minimum absolute atomic E-state index is 0.0512. The summed E-state index contributed by atoms with van der Waals surface area (Å²) >= 11 is 0. The highest BCUT2D eigenvalue weighted by Gasteiger charge is 2.13. The van der Waals surface area contributed by atoms with Gasteiger partial charge in [-0.1, -0.05) is 18.2 Å². The predicted molar refractivity (Wildman–Crippen MR) is 161 cm³/mol. The molecule has 0 atom stereocenters. The highest BCUT2D eigenvalue weighted by atomic mass is 16.5. The van der Waals surface area contributed by atoms with E-state index in [9.17, 15) is 10.1 Å². The van der Waals surface area contributed by atoms with Crippen LogP contribution in [0.5, 0.6) is 0 Å². The summed E-state index contributed by atoms with van der Waals surface area (Å²) in [5.41, 5.74) is 3.84. The number of nitriles is 1. The first kappa shape index (κ1) is 27.8. The zero-order chi connectivity index (χ0) is 28.6. The molecule has 0 fully saturated rings. The number of fused-ring (bicyclic) bond motifs is 1. The van der Waals surface area contributed by atoms with Gasteiger partial charge in [0, 0.05) is 50.0 Å². The second-order valence-corrected chi connectivity index (χ2v) is 9.26. The lowest BCUT2D eigenvalue weighted by Gasteiger charge is -2.20. The predicted octanol–water partition coefficient (Wildman–Crippen LogP) is 6.93. The molecule has 1 aromatic heterocycles. The maximum absolute atomic E-state index is 12.8. The highest BCUT2D eigenvalue weighted by Crippen LogP contribution is 2.26. The summed E-state index contributed by atoms with van der Waals surface area (Å²) in [6, 6.07) is 17.6. The molecule has 200 valence electrons. The van der Waals surface area contributed by atoms with Crippen LogP contribution >= 0.6 is 0 Å². The third-order valence-corrected chi connectivity index (χ3v) is 6.47. The summed E-state index contributed by atoms with van der Waals surface area (Å²) < 4.78 is 11.6. The van der Waals surface area contributed by atoms with Gasteiger partial charge in [0.1, 0.15) is 17.1 Å². The molecule has 1 aliphatic rings. The van der Waals surface area contributed by atoms with Crippen molar-refractivity contribution in [2.75, 3.05) is 37.0 Å². The number of rotatable bonds is 8. The summed E-state index contributed by atoms with van der Waals surface area (Å²) in [4.78, 5) is 20.3. The topological polar surface area (TPSA) is 74.1 Å². The second kappa shape index (κ2) is 12.5. The van der Waals surface area contributed by atoms with Crippen molar-refractivity contribution in [2.24, 2.45) is 0 Å². The quantitative estimate of drug-likeness (QED) is 0.179. The van der Waals surface area contributed by atoms with Gasteiger partial charge in [0.05, 0.1) is 18.2 Å². The Balaban J connectivity index is 1.62. The minimum Gasteiger partial charge on any atom is -0.457 e. The number of nitrogens with zero attached hydrogens (tertiary/aromatic N) is 4. The molecule has 2 aromatic carbocycles. The molecular formula is C33H30N4O3. The van der Waals surface area contributed by atoms with Crippen molar-refractivity contribution in [3.05, 3.63) is 129 Å². The van der Waals surface area contributed by atoms with Gasteiger partial charge in [0.15, 0.2) is 0 Å². The van der Waals surface area contributed by atoms with Crippen LogP contribution in [0, 0.1) is 17.9 Å². The first-order valence-electron chi connectivity index (χ1n) is 12.9. The van der Waals surface area contributed by atoms with Crippen LogP contribution in [-0.2, 0) is 4.74 Å². The summed E-state index contributed by atoms with van der Waals surface area (Å²) in [6.07, 6.45) is 10.2. The van der Waals surface area contributed by atoms with Crippen LogP contribution in [0.2, 0.25) is 0 Å². The van der Waals surface area contributed by atoms with Crippen LogP contribution in [0.4, 0.5) is 11.4 Å². The Kier molecular flexibility index (Phi) is 8.69. The van der Waals surface area contributed by atoms with Crippen molar-refractivity contribution in [3.63, 3.8) is 0 Å². The van der Waals surface area contributed by atoms with Gasteiger partial charge >= 0.3 is 5.63 Å². The number of allylic oxidation sites excluding steroid dienone is 6. The summed E-state index contributed by atoms with van der Waals surface area (Å²) in [7, 11) is 3.96. The SMILES string of the molecule is [C-]#[N+]/C(C#N)=C1C=C(/C=C/c2ccc(N(C)C)cc2)OC(/C=C/c2cc3ccc(N(CC)CC)cc3oc2=O)=C\1. The van der Waals surface area contributed by atoms with Gasteiger partial charge in [-0.2, -0.15) is 0 Å². The maximum atomic E-state index is 12.8. The fourth-order valence-electron chi connectivity index (χ4n) is 4.25. The molecule has 0 radical (unpaired) electrons. The summed E-state index contributed by atoms with van der Waals surface area (Å²) in [6.45, 7) is 13.2.